The smallest absolute Gasteiger partial charge is 0.396 e. The van der Waals surface area contributed by atoms with Crippen molar-refractivity contribution in [3.8, 4) is 0 Å². The van der Waals surface area contributed by atoms with Gasteiger partial charge < -0.3 is 4.74 Å². The average Bonchev–Trinajstić information content (AvgIpc) is 2.32. The number of alkyl halides is 15. The fourth-order valence-electron chi connectivity index (χ4n) is 1.13. The fourth-order valence-corrected chi connectivity index (χ4v) is 1.36. The molecule has 0 saturated heterocycles. The van der Waals surface area contributed by atoms with Crippen LogP contribution in [-0.2, 0) is 14.3 Å². The lowest BCUT2D eigenvalue weighted by Gasteiger charge is -2.40. The van der Waals surface area contributed by atoms with Crippen molar-refractivity contribution in [3.05, 3.63) is 0 Å². The van der Waals surface area contributed by atoms with Crippen molar-refractivity contribution in [2.45, 2.75) is 47.6 Å². The summed E-state index contributed by atoms with van der Waals surface area (Å²) in [5.41, 5.74) is 0. The highest BCUT2D eigenvalue weighted by molar-refractivity contribution is 6.33. The van der Waals surface area contributed by atoms with Crippen LogP contribution in [0.15, 0.2) is 0 Å². The first-order chi connectivity index (χ1) is 11.4. The van der Waals surface area contributed by atoms with Crippen molar-refractivity contribution in [1.82, 2.24) is 0 Å². The van der Waals surface area contributed by atoms with Crippen molar-refractivity contribution >= 4 is 29.2 Å². The number of carbonyl (C=O) groups excluding carboxylic acids is 1. The zero-order chi connectivity index (χ0) is 22.5. The van der Waals surface area contributed by atoms with Crippen LogP contribution >= 0.6 is 23.2 Å². The minimum atomic E-state index is -7.45. The van der Waals surface area contributed by atoms with E-state index in [9.17, 15) is 61.9 Å². The van der Waals surface area contributed by atoms with E-state index in [1.165, 1.54) is 0 Å². The first-order valence-corrected chi connectivity index (χ1v) is 6.36. The van der Waals surface area contributed by atoms with Crippen LogP contribution in [0.1, 0.15) is 6.92 Å². The first-order valence-electron chi connectivity index (χ1n) is 5.61. The van der Waals surface area contributed by atoms with Crippen molar-refractivity contribution < 1.29 is 71.3 Å². The highest BCUT2D eigenvalue weighted by Gasteiger charge is 2.86. The molecule has 0 aliphatic rings. The molecule has 162 valence electrons. The summed E-state index contributed by atoms with van der Waals surface area (Å²) in [4.78, 5) is 10.3. The molecular weight excluding hydrogens is 474 g/mol. The van der Waals surface area contributed by atoms with Gasteiger partial charge in [0.1, 0.15) is 0 Å². The third kappa shape index (κ3) is 4.41. The molecule has 0 fully saturated rings. The molecule has 0 N–H and O–H groups in total. The highest BCUT2D eigenvalue weighted by atomic mass is 35.5. The predicted molar refractivity (Wildman–Crippen MR) is 58.1 cm³/mol. The van der Waals surface area contributed by atoms with Gasteiger partial charge in [-0.25, -0.2) is 4.39 Å². The summed E-state index contributed by atoms with van der Waals surface area (Å²) in [5.74, 6) is -17.1. The maximum Gasteiger partial charge on any atom is 0.471 e. The second kappa shape index (κ2) is 6.86. The van der Waals surface area contributed by atoms with Crippen LogP contribution in [0.4, 0.5) is 57.1 Å². The molecule has 0 aromatic rings. The van der Waals surface area contributed by atoms with Gasteiger partial charge in [-0.2, -0.15) is 52.7 Å². The van der Waals surface area contributed by atoms with Gasteiger partial charge in [0.15, 0.2) is 0 Å². The molecular formula is C9H3Cl2F13O3. The Hall–Kier alpha value is -0.900. The average molecular weight is 477 g/mol. The molecule has 2 unspecified atom stereocenters. The fraction of sp³-hybridized carbons (Fsp3) is 0.889. The van der Waals surface area contributed by atoms with Crippen LogP contribution in [0.25, 0.3) is 0 Å². The molecule has 0 aromatic carbocycles. The summed E-state index contributed by atoms with van der Waals surface area (Å²) in [6, 6.07) is 0. The van der Waals surface area contributed by atoms with Gasteiger partial charge in [0.05, 0.1) is 0 Å². The largest absolute Gasteiger partial charge is 0.471 e. The Morgan fingerprint density at radius 1 is 0.741 bits per heavy atom. The molecule has 27 heavy (non-hydrogen) atoms. The Morgan fingerprint density at radius 2 is 1.11 bits per heavy atom. The van der Waals surface area contributed by atoms with Gasteiger partial charge in [0, 0.05) is 6.92 Å². The Morgan fingerprint density at radius 3 is 1.37 bits per heavy atom. The molecule has 0 spiro atoms. The van der Waals surface area contributed by atoms with E-state index in [2.05, 4.69) is 27.9 Å². The zero-order valence-electron chi connectivity index (χ0n) is 11.9. The number of rotatable bonds is 7. The van der Waals surface area contributed by atoms with Gasteiger partial charge in [-0.3, -0.25) is 9.53 Å². The zero-order valence-corrected chi connectivity index (χ0v) is 13.4. The van der Waals surface area contributed by atoms with Gasteiger partial charge in [-0.1, -0.05) is 11.6 Å². The first kappa shape index (κ1) is 26.1. The quantitative estimate of drug-likeness (QED) is 0.282. The van der Waals surface area contributed by atoms with Crippen LogP contribution in [0.3, 0.4) is 0 Å². The van der Waals surface area contributed by atoms with Crippen molar-refractivity contribution in [2.24, 2.45) is 0 Å². The van der Waals surface area contributed by atoms with E-state index in [1.54, 1.807) is 4.74 Å². The molecule has 0 rings (SSSR count). The normalized spacial score (nSPS) is 19.3. The number of hydrogen-bond donors (Lipinski definition) is 0. The third-order valence-corrected chi connectivity index (χ3v) is 3.23. The van der Waals surface area contributed by atoms with Crippen LogP contribution in [0, 0.1) is 0 Å². The molecule has 3 nitrogen and oxygen atoms in total. The maximum atomic E-state index is 13.6. The number of ether oxygens (including phenoxy) is 2. The minimum Gasteiger partial charge on any atom is -0.396 e. The van der Waals surface area contributed by atoms with Crippen molar-refractivity contribution in [2.75, 3.05) is 0 Å². The lowest BCUT2D eigenvalue weighted by Crippen LogP contribution is -2.67. The lowest BCUT2D eigenvalue weighted by molar-refractivity contribution is -0.518. The Kier molecular flexibility index (Phi) is 6.63. The lowest BCUT2D eigenvalue weighted by atomic mass is 10.1. The summed E-state index contributed by atoms with van der Waals surface area (Å²) >= 11 is 7.49. The van der Waals surface area contributed by atoms with Gasteiger partial charge in [0.25, 0.3) is 0 Å². The summed E-state index contributed by atoms with van der Waals surface area (Å²) in [6.45, 7) is -0.0865. The maximum absolute atomic E-state index is 13.6. The minimum absolute atomic E-state index is 0.0865. The third-order valence-electron chi connectivity index (χ3n) is 2.40. The van der Waals surface area contributed by atoms with Crippen molar-refractivity contribution in [1.29, 1.82) is 0 Å². The Bertz CT molecular complexity index is 570. The molecule has 0 radical (unpaired) electrons. The van der Waals surface area contributed by atoms with E-state index in [4.69, 9.17) is 0 Å². The summed E-state index contributed by atoms with van der Waals surface area (Å²) < 4.78 is 172. The second-order valence-corrected chi connectivity index (χ2v) is 5.46. The summed E-state index contributed by atoms with van der Waals surface area (Å²) in [6.07, 6.45) is -21.6. The van der Waals surface area contributed by atoms with E-state index in [1.807, 2.05) is 0 Å². The van der Waals surface area contributed by atoms with Gasteiger partial charge in [-0.05, 0) is 11.6 Å². The molecule has 0 bridgehead atoms. The number of hydrogen-bond acceptors (Lipinski definition) is 3. The molecule has 0 saturated carbocycles. The molecule has 0 amide bonds. The van der Waals surface area contributed by atoms with Crippen LogP contribution in [0.2, 0.25) is 0 Å². The van der Waals surface area contributed by atoms with E-state index in [0.717, 1.165) is 0 Å². The van der Waals surface area contributed by atoms with Crippen molar-refractivity contribution in [3.63, 3.8) is 0 Å². The van der Waals surface area contributed by atoms with Gasteiger partial charge in [0.2, 0.25) is 0 Å². The summed E-state index contributed by atoms with van der Waals surface area (Å²) in [7, 11) is 0. The standard InChI is InChI=1S/C9H3Cl2F13O3/c1-2(25)26-9(23,24)5(15,7(18,19)20)27-8(21,22)4(13,14)3(10,12)6(11,16)17/h1H3. The van der Waals surface area contributed by atoms with E-state index in [-0.39, 0.29) is 6.92 Å². The van der Waals surface area contributed by atoms with E-state index in [0.29, 0.717) is 0 Å². The molecule has 0 aliphatic heterocycles. The van der Waals surface area contributed by atoms with Crippen LogP contribution < -0.4 is 0 Å². The number of esters is 1. The van der Waals surface area contributed by atoms with Crippen LogP contribution in [-0.4, -0.2) is 46.6 Å². The Labute approximate surface area is 149 Å². The number of halogens is 15. The van der Waals surface area contributed by atoms with Crippen LogP contribution in [0.5, 0.6) is 0 Å². The highest BCUT2D eigenvalue weighted by Crippen LogP contribution is 2.59. The molecule has 0 aliphatic carbocycles. The molecule has 2 atom stereocenters. The summed E-state index contributed by atoms with van der Waals surface area (Å²) in [5, 5.41) is -12.6. The van der Waals surface area contributed by atoms with Gasteiger partial charge in [-0.15, -0.1) is 0 Å². The second-order valence-electron chi connectivity index (χ2n) is 4.47. The Balaban J connectivity index is 6.39. The molecule has 18 heteroatoms. The van der Waals surface area contributed by atoms with E-state index < -0.39 is 46.6 Å². The number of carbonyl (C=O) groups is 1. The monoisotopic (exact) mass is 476 g/mol. The molecule has 0 heterocycles. The topological polar surface area (TPSA) is 35.5 Å². The van der Waals surface area contributed by atoms with E-state index >= 15 is 0 Å². The predicted octanol–water partition coefficient (Wildman–Crippen LogP) is 5.35. The van der Waals surface area contributed by atoms with Gasteiger partial charge >= 0.3 is 46.6 Å². The molecule has 0 aromatic heterocycles. The SMILES string of the molecule is CC(=O)OC(F)(F)C(F)(OC(F)(F)C(F)(F)C(F)(Cl)C(F)(F)Cl)C(F)(F)F.